The molecule has 0 radical (unpaired) electrons. The molecule has 0 bridgehead atoms. The number of ether oxygens (including phenoxy) is 1. The van der Waals surface area contributed by atoms with E-state index in [1.54, 1.807) is 7.11 Å². The summed E-state index contributed by atoms with van der Waals surface area (Å²) in [7, 11) is 1.66. The Morgan fingerprint density at radius 1 is 1.44 bits per heavy atom. The third-order valence-electron chi connectivity index (χ3n) is 3.94. The molecular formula is C15H20N2O. The fourth-order valence-electron chi connectivity index (χ4n) is 2.69. The Kier molecular flexibility index (Phi) is 3.76. The van der Waals surface area contributed by atoms with E-state index in [4.69, 9.17) is 4.74 Å². The molecule has 1 aliphatic rings. The maximum Gasteiger partial charge on any atom is 0.127 e. The van der Waals surface area contributed by atoms with Crippen LogP contribution in [0.2, 0.25) is 0 Å². The van der Waals surface area contributed by atoms with Gasteiger partial charge < -0.3 is 10.1 Å². The third kappa shape index (κ3) is 2.43. The number of nitriles is 1. The van der Waals surface area contributed by atoms with Crippen LogP contribution >= 0.6 is 0 Å². The molecule has 0 heterocycles. The van der Waals surface area contributed by atoms with Gasteiger partial charge in [-0.15, -0.1) is 0 Å². The molecule has 18 heavy (non-hydrogen) atoms. The predicted octanol–water partition coefficient (Wildman–Crippen LogP) is 3.58. The molecule has 2 atom stereocenters. The zero-order chi connectivity index (χ0) is 13.0. The van der Waals surface area contributed by atoms with Crippen molar-refractivity contribution in [3.8, 4) is 11.8 Å². The van der Waals surface area contributed by atoms with Crippen LogP contribution in [0.5, 0.6) is 5.75 Å². The number of hydrogen-bond acceptors (Lipinski definition) is 3. The van der Waals surface area contributed by atoms with Crippen LogP contribution in [0.3, 0.4) is 0 Å². The Bertz CT molecular complexity index is 452. The van der Waals surface area contributed by atoms with Crippen molar-refractivity contribution in [3.63, 3.8) is 0 Å². The van der Waals surface area contributed by atoms with E-state index in [2.05, 4.69) is 18.3 Å². The SMILES string of the molecule is COc1cccc(NC2(C#N)CCCCC2C)c1. The van der Waals surface area contributed by atoms with Crippen molar-refractivity contribution in [2.24, 2.45) is 5.92 Å². The molecular weight excluding hydrogens is 224 g/mol. The van der Waals surface area contributed by atoms with E-state index < -0.39 is 5.54 Å². The molecule has 96 valence electrons. The van der Waals surface area contributed by atoms with Crippen molar-refractivity contribution in [1.82, 2.24) is 0 Å². The summed E-state index contributed by atoms with van der Waals surface area (Å²) in [6.07, 6.45) is 4.38. The second-order valence-electron chi connectivity index (χ2n) is 5.09. The van der Waals surface area contributed by atoms with Crippen LogP contribution in [0.15, 0.2) is 24.3 Å². The predicted molar refractivity (Wildman–Crippen MR) is 72.6 cm³/mol. The molecule has 1 aliphatic carbocycles. The number of methoxy groups -OCH3 is 1. The molecule has 0 amide bonds. The van der Waals surface area contributed by atoms with Gasteiger partial charge in [-0.2, -0.15) is 5.26 Å². The van der Waals surface area contributed by atoms with Crippen LogP contribution in [0.25, 0.3) is 0 Å². The number of benzene rings is 1. The Hall–Kier alpha value is -1.69. The lowest BCUT2D eigenvalue weighted by molar-refractivity contribution is 0.286. The Labute approximate surface area is 109 Å². The van der Waals surface area contributed by atoms with Crippen LogP contribution in [0.4, 0.5) is 5.69 Å². The minimum atomic E-state index is -0.426. The van der Waals surface area contributed by atoms with Crippen molar-refractivity contribution >= 4 is 5.69 Å². The van der Waals surface area contributed by atoms with E-state index in [9.17, 15) is 5.26 Å². The number of anilines is 1. The number of rotatable bonds is 3. The van der Waals surface area contributed by atoms with Crippen molar-refractivity contribution < 1.29 is 4.74 Å². The van der Waals surface area contributed by atoms with Gasteiger partial charge in [-0.1, -0.05) is 25.8 Å². The Balaban J connectivity index is 2.21. The van der Waals surface area contributed by atoms with Crippen LogP contribution in [-0.4, -0.2) is 12.6 Å². The number of nitrogens with zero attached hydrogens (tertiary/aromatic N) is 1. The first-order chi connectivity index (χ1) is 8.70. The maximum atomic E-state index is 9.56. The molecule has 0 spiro atoms. The van der Waals surface area contributed by atoms with Gasteiger partial charge in [0.15, 0.2) is 0 Å². The molecule has 2 rings (SSSR count). The van der Waals surface area contributed by atoms with Crippen molar-refractivity contribution in [2.75, 3.05) is 12.4 Å². The van der Waals surface area contributed by atoms with Crippen molar-refractivity contribution in [1.29, 1.82) is 5.26 Å². The van der Waals surface area contributed by atoms with Crippen LogP contribution < -0.4 is 10.1 Å². The highest BCUT2D eigenvalue weighted by Crippen LogP contribution is 2.36. The number of hydrogen-bond donors (Lipinski definition) is 1. The van der Waals surface area contributed by atoms with Gasteiger partial charge in [0.05, 0.1) is 13.2 Å². The van der Waals surface area contributed by atoms with Crippen LogP contribution in [0.1, 0.15) is 32.6 Å². The summed E-state index contributed by atoms with van der Waals surface area (Å²) in [6.45, 7) is 2.16. The van der Waals surface area contributed by atoms with E-state index in [0.29, 0.717) is 5.92 Å². The minimum Gasteiger partial charge on any atom is -0.497 e. The van der Waals surface area contributed by atoms with Crippen molar-refractivity contribution in [3.05, 3.63) is 24.3 Å². The summed E-state index contributed by atoms with van der Waals surface area (Å²) in [5, 5.41) is 13.0. The average Bonchev–Trinajstić information content (AvgIpc) is 2.42. The van der Waals surface area contributed by atoms with E-state index >= 15 is 0 Å². The van der Waals surface area contributed by atoms with Gasteiger partial charge in [0.2, 0.25) is 0 Å². The van der Waals surface area contributed by atoms with Crippen LogP contribution in [-0.2, 0) is 0 Å². The molecule has 0 aromatic heterocycles. The molecule has 1 saturated carbocycles. The van der Waals surface area contributed by atoms with Gasteiger partial charge in [0.1, 0.15) is 11.3 Å². The molecule has 3 heteroatoms. The summed E-state index contributed by atoms with van der Waals surface area (Å²) >= 11 is 0. The lowest BCUT2D eigenvalue weighted by Gasteiger charge is -2.38. The van der Waals surface area contributed by atoms with Gasteiger partial charge in [0, 0.05) is 11.8 Å². The highest BCUT2D eigenvalue weighted by atomic mass is 16.5. The lowest BCUT2D eigenvalue weighted by Crippen LogP contribution is -2.45. The standard InChI is InChI=1S/C15H20N2O/c1-12-6-3-4-9-15(12,11-16)17-13-7-5-8-14(10-13)18-2/h5,7-8,10,12,17H,3-4,6,9H2,1-2H3. The first-order valence-electron chi connectivity index (χ1n) is 6.54. The van der Waals surface area contributed by atoms with E-state index in [1.807, 2.05) is 24.3 Å². The summed E-state index contributed by atoms with van der Waals surface area (Å²) in [5.74, 6) is 1.19. The van der Waals surface area contributed by atoms with Gasteiger partial charge in [-0.25, -0.2) is 0 Å². The molecule has 2 unspecified atom stereocenters. The molecule has 1 fully saturated rings. The van der Waals surface area contributed by atoms with Gasteiger partial charge in [-0.05, 0) is 30.9 Å². The summed E-state index contributed by atoms with van der Waals surface area (Å²) in [5.41, 5.74) is 0.537. The van der Waals surface area contributed by atoms with Gasteiger partial charge in [-0.3, -0.25) is 0 Å². The molecule has 1 aromatic carbocycles. The Morgan fingerprint density at radius 3 is 2.94 bits per heavy atom. The summed E-state index contributed by atoms with van der Waals surface area (Å²) in [4.78, 5) is 0. The lowest BCUT2D eigenvalue weighted by atomic mass is 9.74. The van der Waals surface area contributed by atoms with E-state index in [0.717, 1.165) is 30.7 Å². The Morgan fingerprint density at radius 2 is 2.28 bits per heavy atom. The average molecular weight is 244 g/mol. The monoisotopic (exact) mass is 244 g/mol. The molecule has 1 N–H and O–H groups in total. The van der Waals surface area contributed by atoms with Gasteiger partial charge >= 0.3 is 0 Å². The van der Waals surface area contributed by atoms with E-state index in [1.165, 1.54) is 6.42 Å². The summed E-state index contributed by atoms with van der Waals surface area (Å²) < 4.78 is 5.21. The quantitative estimate of drug-likeness (QED) is 0.884. The smallest absolute Gasteiger partial charge is 0.127 e. The largest absolute Gasteiger partial charge is 0.497 e. The normalized spacial score (nSPS) is 27.3. The van der Waals surface area contributed by atoms with Crippen molar-refractivity contribution in [2.45, 2.75) is 38.1 Å². The molecule has 1 aromatic rings. The first-order valence-corrected chi connectivity index (χ1v) is 6.54. The highest BCUT2D eigenvalue weighted by molar-refractivity contribution is 5.52. The zero-order valence-electron chi connectivity index (χ0n) is 11.1. The third-order valence-corrected chi connectivity index (χ3v) is 3.94. The minimum absolute atomic E-state index is 0.377. The second-order valence-corrected chi connectivity index (χ2v) is 5.09. The second kappa shape index (κ2) is 5.30. The zero-order valence-corrected chi connectivity index (χ0v) is 11.1. The van der Waals surface area contributed by atoms with Gasteiger partial charge in [0.25, 0.3) is 0 Å². The molecule has 0 saturated heterocycles. The topological polar surface area (TPSA) is 45.0 Å². The number of nitrogens with one attached hydrogen (secondary N) is 1. The van der Waals surface area contributed by atoms with E-state index in [-0.39, 0.29) is 0 Å². The first kappa shape index (κ1) is 12.8. The van der Waals surface area contributed by atoms with Crippen LogP contribution in [0, 0.1) is 17.2 Å². The highest BCUT2D eigenvalue weighted by Gasteiger charge is 2.38. The fourth-order valence-corrected chi connectivity index (χ4v) is 2.69. The summed E-state index contributed by atoms with van der Waals surface area (Å²) in [6, 6.07) is 10.3. The fraction of sp³-hybridized carbons (Fsp3) is 0.533. The maximum absolute atomic E-state index is 9.56. The molecule has 0 aliphatic heterocycles. The molecule has 3 nitrogen and oxygen atoms in total.